The molecule has 1 aromatic rings. The van der Waals surface area contributed by atoms with E-state index >= 15 is 0 Å². The van der Waals surface area contributed by atoms with E-state index in [-0.39, 0.29) is 12.4 Å². The lowest BCUT2D eigenvalue weighted by molar-refractivity contribution is -0.145. The summed E-state index contributed by atoms with van der Waals surface area (Å²) in [5, 5.41) is 0.536. The SMILES string of the molecule is C=CCOC(=O)C1C(C)=NC2=C(C(=O)CCC2)[C@H]1c1ccccc1Cl. The van der Waals surface area contributed by atoms with Crippen LogP contribution in [0.2, 0.25) is 5.02 Å². The molecule has 3 rings (SSSR count). The van der Waals surface area contributed by atoms with Gasteiger partial charge < -0.3 is 4.74 Å². The number of ether oxygens (including phenoxy) is 1. The Labute approximate surface area is 152 Å². The van der Waals surface area contributed by atoms with Crippen molar-refractivity contribution in [3.05, 3.63) is 58.8 Å². The standard InChI is InChI=1S/C20H20ClNO3/c1-3-11-25-20(24)17-12(2)22-15-9-6-10-16(23)19(15)18(17)13-7-4-5-8-14(13)21/h3-5,7-8,17-18H,1,6,9-11H2,2H3/t17?,18-/m0/s1. The van der Waals surface area contributed by atoms with E-state index < -0.39 is 17.8 Å². The lowest BCUT2D eigenvalue weighted by Gasteiger charge is -2.34. The second-order valence-corrected chi connectivity index (χ2v) is 6.69. The van der Waals surface area contributed by atoms with Crippen LogP contribution in [0.1, 0.15) is 37.7 Å². The van der Waals surface area contributed by atoms with Crippen LogP contribution in [0.15, 0.2) is 53.2 Å². The first-order valence-electron chi connectivity index (χ1n) is 8.38. The Morgan fingerprint density at radius 3 is 2.88 bits per heavy atom. The van der Waals surface area contributed by atoms with Crippen LogP contribution >= 0.6 is 11.6 Å². The smallest absolute Gasteiger partial charge is 0.315 e. The van der Waals surface area contributed by atoms with Crippen molar-refractivity contribution in [1.82, 2.24) is 0 Å². The minimum absolute atomic E-state index is 0.0453. The van der Waals surface area contributed by atoms with Gasteiger partial charge >= 0.3 is 5.97 Å². The Kier molecular flexibility index (Phi) is 5.19. The minimum atomic E-state index is -0.652. The summed E-state index contributed by atoms with van der Waals surface area (Å²) in [6.07, 6.45) is 3.53. The van der Waals surface area contributed by atoms with Crippen LogP contribution in [0.4, 0.5) is 0 Å². The Bertz CT molecular complexity index is 794. The van der Waals surface area contributed by atoms with Crippen LogP contribution < -0.4 is 0 Å². The highest BCUT2D eigenvalue weighted by molar-refractivity contribution is 6.31. The molecule has 1 aliphatic carbocycles. The third-order valence-electron chi connectivity index (χ3n) is 4.67. The van der Waals surface area contributed by atoms with Crippen LogP contribution in [0.5, 0.6) is 0 Å². The van der Waals surface area contributed by atoms with Gasteiger partial charge in [-0.3, -0.25) is 14.6 Å². The number of Topliss-reactive ketones (excluding diaryl/α,β-unsaturated/α-hetero) is 1. The highest BCUT2D eigenvalue weighted by atomic mass is 35.5. The van der Waals surface area contributed by atoms with Crippen LogP contribution in [-0.4, -0.2) is 24.1 Å². The number of allylic oxidation sites excluding steroid dienone is 2. The summed E-state index contributed by atoms with van der Waals surface area (Å²) in [5.41, 5.74) is 2.83. The van der Waals surface area contributed by atoms with Crippen molar-refractivity contribution >= 4 is 29.1 Å². The van der Waals surface area contributed by atoms with E-state index in [1.54, 1.807) is 6.07 Å². The van der Waals surface area contributed by atoms with E-state index in [0.717, 1.165) is 24.1 Å². The number of halogens is 1. The van der Waals surface area contributed by atoms with Gasteiger partial charge in [-0.2, -0.15) is 0 Å². The summed E-state index contributed by atoms with van der Waals surface area (Å²) in [7, 11) is 0. The molecular formula is C20H20ClNO3. The lowest BCUT2D eigenvalue weighted by Crippen LogP contribution is -2.37. The monoisotopic (exact) mass is 357 g/mol. The highest BCUT2D eigenvalue weighted by Gasteiger charge is 2.43. The maximum atomic E-state index is 12.7. The third kappa shape index (κ3) is 3.31. The Morgan fingerprint density at radius 1 is 1.40 bits per heavy atom. The molecule has 0 amide bonds. The fourth-order valence-electron chi connectivity index (χ4n) is 3.61. The van der Waals surface area contributed by atoms with Crippen molar-refractivity contribution in [2.75, 3.05) is 6.61 Å². The average Bonchev–Trinajstić information content (AvgIpc) is 2.59. The molecule has 0 saturated carbocycles. The predicted octanol–water partition coefficient (Wildman–Crippen LogP) is 4.25. The van der Waals surface area contributed by atoms with Gasteiger partial charge in [0, 0.05) is 34.3 Å². The number of rotatable bonds is 4. The molecule has 1 heterocycles. The van der Waals surface area contributed by atoms with Gasteiger partial charge in [-0.05, 0) is 31.4 Å². The Hall–Kier alpha value is -2.20. The molecule has 130 valence electrons. The zero-order valence-corrected chi connectivity index (χ0v) is 14.9. The number of hydrogen-bond donors (Lipinski definition) is 0. The molecule has 0 radical (unpaired) electrons. The molecule has 0 fully saturated rings. The number of hydrogen-bond acceptors (Lipinski definition) is 4. The molecule has 1 unspecified atom stereocenters. The van der Waals surface area contributed by atoms with Crippen molar-refractivity contribution in [1.29, 1.82) is 0 Å². The maximum Gasteiger partial charge on any atom is 0.315 e. The number of benzene rings is 1. The lowest BCUT2D eigenvalue weighted by atomic mass is 9.72. The van der Waals surface area contributed by atoms with Gasteiger partial charge in [0.15, 0.2) is 5.78 Å². The van der Waals surface area contributed by atoms with Gasteiger partial charge in [0.2, 0.25) is 0 Å². The van der Waals surface area contributed by atoms with Crippen LogP contribution in [-0.2, 0) is 14.3 Å². The molecule has 4 nitrogen and oxygen atoms in total. The van der Waals surface area contributed by atoms with Gasteiger partial charge in [-0.1, -0.05) is 42.5 Å². The Morgan fingerprint density at radius 2 is 2.16 bits per heavy atom. The number of ketones is 1. The molecule has 5 heteroatoms. The summed E-state index contributed by atoms with van der Waals surface area (Å²) in [6.45, 7) is 5.51. The van der Waals surface area contributed by atoms with E-state index in [4.69, 9.17) is 16.3 Å². The summed E-state index contributed by atoms with van der Waals surface area (Å²) in [6, 6.07) is 7.34. The maximum absolute atomic E-state index is 12.7. The number of aliphatic imine (C=N–C) groups is 1. The van der Waals surface area contributed by atoms with Crippen LogP contribution in [0, 0.1) is 5.92 Å². The topological polar surface area (TPSA) is 55.7 Å². The van der Waals surface area contributed by atoms with Gasteiger partial charge in [-0.15, -0.1) is 0 Å². The van der Waals surface area contributed by atoms with E-state index in [2.05, 4.69) is 11.6 Å². The average molecular weight is 358 g/mol. The number of esters is 1. The van der Waals surface area contributed by atoms with E-state index in [9.17, 15) is 9.59 Å². The summed E-state index contributed by atoms with van der Waals surface area (Å²) >= 11 is 6.42. The van der Waals surface area contributed by atoms with Crippen LogP contribution in [0.3, 0.4) is 0 Å². The molecular weight excluding hydrogens is 338 g/mol. The van der Waals surface area contributed by atoms with Crippen molar-refractivity contribution in [2.45, 2.75) is 32.1 Å². The van der Waals surface area contributed by atoms with Gasteiger partial charge in [0.05, 0.1) is 0 Å². The second-order valence-electron chi connectivity index (χ2n) is 6.29. The first-order chi connectivity index (χ1) is 12.0. The molecule has 0 aromatic heterocycles. The quantitative estimate of drug-likeness (QED) is 0.598. The van der Waals surface area contributed by atoms with E-state index in [1.807, 2.05) is 25.1 Å². The molecule has 1 aliphatic heterocycles. The van der Waals surface area contributed by atoms with Crippen molar-refractivity contribution in [2.24, 2.45) is 10.9 Å². The van der Waals surface area contributed by atoms with Crippen LogP contribution in [0.25, 0.3) is 0 Å². The number of nitrogens with zero attached hydrogens (tertiary/aromatic N) is 1. The zero-order chi connectivity index (χ0) is 18.0. The van der Waals surface area contributed by atoms with E-state index in [1.165, 1.54) is 6.08 Å². The number of carbonyl (C=O) groups is 2. The molecule has 2 aliphatic rings. The fraction of sp³-hybridized carbons (Fsp3) is 0.350. The predicted molar refractivity (Wildman–Crippen MR) is 97.8 cm³/mol. The zero-order valence-electron chi connectivity index (χ0n) is 14.1. The van der Waals surface area contributed by atoms with Gasteiger partial charge in [0.25, 0.3) is 0 Å². The summed E-state index contributed by atoms with van der Waals surface area (Å²) < 4.78 is 5.29. The molecule has 0 spiro atoms. The van der Waals surface area contributed by atoms with Crippen molar-refractivity contribution in [3.8, 4) is 0 Å². The van der Waals surface area contributed by atoms with Crippen molar-refractivity contribution < 1.29 is 14.3 Å². The molecule has 25 heavy (non-hydrogen) atoms. The summed E-state index contributed by atoms with van der Waals surface area (Å²) in [5.74, 6) is -1.47. The molecule has 0 N–H and O–H groups in total. The molecule has 0 bridgehead atoms. The van der Waals surface area contributed by atoms with Gasteiger partial charge in [0.1, 0.15) is 12.5 Å². The summed E-state index contributed by atoms with van der Waals surface area (Å²) in [4.78, 5) is 30.0. The van der Waals surface area contributed by atoms with E-state index in [0.29, 0.717) is 22.7 Å². The second kappa shape index (κ2) is 7.36. The fourth-order valence-corrected chi connectivity index (χ4v) is 3.86. The largest absolute Gasteiger partial charge is 0.461 e. The minimum Gasteiger partial charge on any atom is -0.461 e. The Balaban J connectivity index is 2.14. The molecule has 0 saturated heterocycles. The molecule has 1 aromatic carbocycles. The first-order valence-corrected chi connectivity index (χ1v) is 8.75. The first kappa shape index (κ1) is 17.6. The van der Waals surface area contributed by atoms with Crippen molar-refractivity contribution in [3.63, 3.8) is 0 Å². The normalized spacial score (nSPS) is 23.0. The third-order valence-corrected chi connectivity index (χ3v) is 5.02. The molecule has 2 atom stereocenters. The number of carbonyl (C=O) groups excluding carboxylic acids is 2. The van der Waals surface area contributed by atoms with Gasteiger partial charge in [-0.25, -0.2) is 0 Å². The highest BCUT2D eigenvalue weighted by Crippen LogP contribution is 2.45.